The molecule has 3 rings (SSSR count). The normalized spacial score (nSPS) is 10.4. The summed E-state index contributed by atoms with van der Waals surface area (Å²) in [5.41, 5.74) is 2.94. The summed E-state index contributed by atoms with van der Waals surface area (Å²) in [6.45, 7) is 0. The van der Waals surface area contributed by atoms with E-state index in [1.807, 2.05) is 42.5 Å². The number of aldehydes is 1. The zero-order valence-corrected chi connectivity index (χ0v) is 12.1. The third kappa shape index (κ3) is 2.67. The molecule has 0 bridgehead atoms. The molecule has 1 heterocycles. The summed E-state index contributed by atoms with van der Waals surface area (Å²) >= 11 is 7.74. The third-order valence-corrected chi connectivity index (χ3v) is 4.46. The molecule has 0 saturated heterocycles. The largest absolute Gasteiger partial charge is 0.298 e. The first-order chi connectivity index (χ1) is 9.76. The molecule has 0 atom stereocenters. The molecule has 20 heavy (non-hydrogen) atoms. The van der Waals surface area contributed by atoms with Crippen LogP contribution in [0.5, 0.6) is 0 Å². The average Bonchev–Trinajstić information content (AvgIpc) is 2.97. The van der Waals surface area contributed by atoms with E-state index in [-0.39, 0.29) is 0 Å². The number of benzene rings is 2. The molecule has 0 amide bonds. The lowest BCUT2D eigenvalue weighted by Gasteiger charge is -1.99. The minimum atomic E-state index is 0.695. The van der Waals surface area contributed by atoms with E-state index in [4.69, 9.17) is 11.6 Å². The van der Waals surface area contributed by atoms with Gasteiger partial charge in [-0.05, 0) is 35.4 Å². The van der Waals surface area contributed by atoms with Crippen molar-refractivity contribution < 1.29 is 4.79 Å². The van der Waals surface area contributed by atoms with Crippen molar-refractivity contribution in [1.29, 1.82) is 0 Å². The van der Waals surface area contributed by atoms with Crippen LogP contribution in [0.1, 0.15) is 10.4 Å². The van der Waals surface area contributed by atoms with Gasteiger partial charge in [-0.15, -0.1) is 11.3 Å². The van der Waals surface area contributed by atoms with Crippen molar-refractivity contribution >= 4 is 29.2 Å². The van der Waals surface area contributed by atoms with Crippen molar-refractivity contribution in [3.05, 3.63) is 71.2 Å². The van der Waals surface area contributed by atoms with E-state index < -0.39 is 0 Å². The van der Waals surface area contributed by atoms with Crippen LogP contribution in [0, 0.1) is 0 Å². The molecule has 0 spiro atoms. The topological polar surface area (TPSA) is 17.1 Å². The van der Waals surface area contributed by atoms with Gasteiger partial charge in [0.15, 0.2) is 0 Å². The van der Waals surface area contributed by atoms with Gasteiger partial charge in [-0.3, -0.25) is 4.79 Å². The van der Waals surface area contributed by atoms with Crippen molar-refractivity contribution in [3.8, 4) is 20.9 Å². The molecule has 3 aromatic rings. The lowest BCUT2D eigenvalue weighted by molar-refractivity contribution is 0.112. The summed E-state index contributed by atoms with van der Waals surface area (Å²) in [7, 11) is 0. The molecule has 98 valence electrons. The smallest absolute Gasteiger partial charge is 0.150 e. The number of hydrogen-bond acceptors (Lipinski definition) is 2. The number of rotatable bonds is 3. The zero-order valence-electron chi connectivity index (χ0n) is 10.5. The molecule has 0 radical (unpaired) electrons. The van der Waals surface area contributed by atoms with Gasteiger partial charge < -0.3 is 0 Å². The number of carbonyl (C=O) groups is 1. The fourth-order valence-electron chi connectivity index (χ4n) is 2.02. The Hall–Kier alpha value is -1.90. The first-order valence-electron chi connectivity index (χ1n) is 6.18. The molecule has 0 saturated carbocycles. The van der Waals surface area contributed by atoms with Crippen LogP contribution < -0.4 is 0 Å². The van der Waals surface area contributed by atoms with Gasteiger partial charge in [0, 0.05) is 20.3 Å². The highest BCUT2D eigenvalue weighted by Gasteiger charge is 2.05. The van der Waals surface area contributed by atoms with Crippen molar-refractivity contribution in [2.45, 2.75) is 0 Å². The number of carbonyl (C=O) groups excluding carboxylic acids is 1. The Morgan fingerprint density at radius 3 is 2.20 bits per heavy atom. The summed E-state index contributed by atoms with van der Waals surface area (Å²) < 4.78 is 0. The van der Waals surface area contributed by atoms with Crippen LogP contribution in [0.25, 0.3) is 20.9 Å². The van der Waals surface area contributed by atoms with Crippen LogP contribution in [-0.2, 0) is 0 Å². The molecular weight excluding hydrogens is 288 g/mol. The fraction of sp³-hybridized carbons (Fsp3) is 0. The minimum absolute atomic E-state index is 0.695. The number of hydrogen-bond donors (Lipinski definition) is 0. The fourth-order valence-corrected chi connectivity index (χ4v) is 3.21. The van der Waals surface area contributed by atoms with Crippen LogP contribution in [0.3, 0.4) is 0 Å². The van der Waals surface area contributed by atoms with E-state index >= 15 is 0 Å². The molecule has 0 aliphatic carbocycles. The van der Waals surface area contributed by atoms with Gasteiger partial charge in [-0.2, -0.15) is 0 Å². The predicted molar refractivity (Wildman–Crippen MR) is 85.6 cm³/mol. The van der Waals surface area contributed by atoms with E-state index in [1.54, 1.807) is 11.3 Å². The van der Waals surface area contributed by atoms with Crippen LogP contribution in [0.2, 0.25) is 5.02 Å². The molecule has 3 heteroatoms. The van der Waals surface area contributed by atoms with E-state index in [9.17, 15) is 4.79 Å². The molecule has 2 aromatic carbocycles. The second-order valence-corrected chi connectivity index (χ2v) is 5.93. The molecule has 0 fully saturated rings. The Bertz CT molecular complexity index is 744. The molecule has 0 N–H and O–H groups in total. The maximum absolute atomic E-state index is 10.7. The summed E-state index contributed by atoms with van der Waals surface area (Å²) in [5.74, 6) is 0. The summed E-state index contributed by atoms with van der Waals surface area (Å²) in [6.07, 6.45) is 0.857. The summed E-state index contributed by atoms with van der Waals surface area (Å²) in [6, 6.07) is 19.6. The average molecular weight is 299 g/mol. The Morgan fingerprint density at radius 2 is 1.55 bits per heavy atom. The van der Waals surface area contributed by atoms with Gasteiger partial charge in [-0.1, -0.05) is 48.0 Å². The molecule has 1 aromatic heterocycles. The standard InChI is InChI=1S/C17H11ClOS/c18-15-3-1-2-14(10-15)17-9-8-16(20-17)13-6-4-12(11-19)5-7-13/h1-11H. The second-order valence-electron chi connectivity index (χ2n) is 4.41. The minimum Gasteiger partial charge on any atom is -0.298 e. The lowest BCUT2D eigenvalue weighted by Crippen LogP contribution is -1.78. The molecule has 1 nitrogen and oxygen atoms in total. The van der Waals surface area contributed by atoms with Crippen LogP contribution in [0.15, 0.2) is 60.7 Å². The lowest BCUT2D eigenvalue weighted by atomic mass is 10.1. The van der Waals surface area contributed by atoms with Crippen molar-refractivity contribution in [1.82, 2.24) is 0 Å². The van der Waals surface area contributed by atoms with Crippen LogP contribution in [0.4, 0.5) is 0 Å². The highest BCUT2D eigenvalue weighted by Crippen LogP contribution is 2.35. The van der Waals surface area contributed by atoms with Gasteiger partial charge in [0.2, 0.25) is 0 Å². The van der Waals surface area contributed by atoms with E-state index in [0.717, 1.165) is 22.4 Å². The first-order valence-corrected chi connectivity index (χ1v) is 7.37. The Labute approximate surface area is 126 Å². The summed E-state index contributed by atoms with van der Waals surface area (Å²) in [5, 5.41) is 0.743. The third-order valence-electron chi connectivity index (χ3n) is 3.05. The van der Waals surface area contributed by atoms with Gasteiger partial charge >= 0.3 is 0 Å². The van der Waals surface area contributed by atoms with Crippen LogP contribution in [-0.4, -0.2) is 6.29 Å². The molecule has 0 unspecified atom stereocenters. The predicted octanol–water partition coefficient (Wildman–Crippen LogP) is 5.55. The van der Waals surface area contributed by atoms with Gasteiger partial charge in [0.25, 0.3) is 0 Å². The highest BCUT2D eigenvalue weighted by atomic mass is 35.5. The van der Waals surface area contributed by atoms with E-state index in [2.05, 4.69) is 18.2 Å². The van der Waals surface area contributed by atoms with Crippen molar-refractivity contribution in [2.75, 3.05) is 0 Å². The van der Waals surface area contributed by atoms with Crippen LogP contribution >= 0.6 is 22.9 Å². The zero-order chi connectivity index (χ0) is 13.9. The van der Waals surface area contributed by atoms with Gasteiger partial charge in [0.1, 0.15) is 6.29 Å². The highest BCUT2D eigenvalue weighted by molar-refractivity contribution is 7.18. The molecule has 0 aliphatic rings. The number of thiophene rings is 1. The Kier molecular flexibility index (Phi) is 3.68. The maximum atomic E-state index is 10.7. The first kappa shape index (κ1) is 13.1. The molecular formula is C17H11ClOS. The SMILES string of the molecule is O=Cc1ccc(-c2ccc(-c3cccc(Cl)c3)s2)cc1. The van der Waals surface area contributed by atoms with E-state index in [1.165, 1.54) is 9.75 Å². The maximum Gasteiger partial charge on any atom is 0.150 e. The molecule has 0 aliphatic heterocycles. The summed E-state index contributed by atoms with van der Waals surface area (Å²) in [4.78, 5) is 13.0. The second kappa shape index (κ2) is 5.61. The van der Waals surface area contributed by atoms with Gasteiger partial charge in [0.05, 0.1) is 0 Å². The Balaban J connectivity index is 1.95. The van der Waals surface area contributed by atoms with Gasteiger partial charge in [-0.25, -0.2) is 0 Å². The van der Waals surface area contributed by atoms with E-state index in [0.29, 0.717) is 5.56 Å². The quantitative estimate of drug-likeness (QED) is 0.580. The van der Waals surface area contributed by atoms with Crippen molar-refractivity contribution in [2.24, 2.45) is 0 Å². The monoisotopic (exact) mass is 298 g/mol. The van der Waals surface area contributed by atoms with Crippen molar-refractivity contribution in [3.63, 3.8) is 0 Å². The number of halogens is 1. The Morgan fingerprint density at radius 1 is 0.850 bits per heavy atom.